The predicted octanol–water partition coefficient (Wildman–Crippen LogP) is 6.99. The number of rotatable bonds is 12. The molecule has 2 N–H and O–H groups in total. The molecule has 1 aromatic carbocycles. The Bertz CT molecular complexity index is 838. The number of carbonyl (C=O) groups is 1. The highest BCUT2D eigenvalue weighted by Crippen LogP contribution is 2.31. The van der Waals surface area contributed by atoms with E-state index in [4.69, 9.17) is 34.8 Å². The van der Waals surface area contributed by atoms with Crippen LogP contribution in [0.25, 0.3) is 5.69 Å². The number of nitrogens with zero attached hydrogens (tertiary/aromatic N) is 1. The molecular formula is C21H28Cl3N3O2. The number of aromatic nitrogens is 2. The van der Waals surface area contributed by atoms with Crippen LogP contribution in [0.4, 0.5) is 5.82 Å². The Kier molecular flexibility index (Phi) is 10.1. The molecule has 8 heteroatoms. The summed E-state index contributed by atoms with van der Waals surface area (Å²) in [6, 6.07) is 4.30. The molecule has 1 aromatic heterocycles. The maximum atomic E-state index is 12.3. The van der Waals surface area contributed by atoms with Crippen molar-refractivity contribution in [2.45, 2.75) is 71.1 Å². The third kappa shape index (κ3) is 7.72. The maximum Gasteiger partial charge on any atom is 0.273 e. The molecule has 0 aliphatic rings. The maximum absolute atomic E-state index is 12.3. The van der Waals surface area contributed by atoms with E-state index in [0.29, 0.717) is 22.9 Å². The second kappa shape index (κ2) is 12.3. The molecule has 0 saturated carbocycles. The predicted molar refractivity (Wildman–Crippen MR) is 122 cm³/mol. The van der Waals surface area contributed by atoms with E-state index in [1.165, 1.54) is 61.4 Å². The van der Waals surface area contributed by atoms with Gasteiger partial charge in [0.25, 0.3) is 5.56 Å². The van der Waals surface area contributed by atoms with E-state index >= 15 is 0 Å². The van der Waals surface area contributed by atoms with Crippen LogP contribution >= 0.6 is 34.8 Å². The number of halogens is 3. The fourth-order valence-corrected chi connectivity index (χ4v) is 4.17. The third-order valence-electron chi connectivity index (χ3n) is 4.71. The molecule has 1 amide bonds. The summed E-state index contributed by atoms with van der Waals surface area (Å²) < 4.78 is 1.19. The van der Waals surface area contributed by atoms with Gasteiger partial charge in [0.1, 0.15) is 11.5 Å². The van der Waals surface area contributed by atoms with Crippen molar-refractivity contribution in [2.75, 3.05) is 5.32 Å². The van der Waals surface area contributed by atoms with Crippen LogP contribution in [0.2, 0.25) is 15.1 Å². The molecule has 0 saturated heterocycles. The summed E-state index contributed by atoms with van der Waals surface area (Å²) >= 11 is 18.2. The minimum Gasteiger partial charge on any atom is -0.311 e. The number of benzene rings is 1. The number of hydrogen-bond acceptors (Lipinski definition) is 2. The van der Waals surface area contributed by atoms with Gasteiger partial charge in [0.05, 0.1) is 10.0 Å². The average molecular weight is 461 g/mol. The zero-order valence-electron chi connectivity index (χ0n) is 16.7. The van der Waals surface area contributed by atoms with E-state index in [2.05, 4.69) is 17.3 Å². The molecule has 0 bridgehead atoms. The average Bonchev–Trinajstić information content (AvgIpc) is 2.99. The van der Waals surface area contributed by atoms with E-state index in [-0.39, 0.29) is 21.5 Å². The zero-order chi connectivity index (χ0) is 21.2. The van der Waals surface area contributed by atoms with Gasteiger partial charge in [0.15, 0.2) is 0 Å². The molecule has 5 nitrogen and oxygen atoms in total. The van der Waals surface area contributed by atoms with Crippen LogP contribution < -0.4 is 10.9 Å². The fourth-order valence-electron chi connectivity index (χ4n) is 3.18. The first-order chi connectivity index (χ1) is 13.9. The highest BCUT2D eigenvalue weighted by atomic mass is 35.5. The standard InChI is InChI=1S/C21H28Cl3N3O2/c1-2-3-4-5-6-7-8-9-10-11-19(28)25-18-14-20(29)27(26-18)21-16(23)12-15(22)13-17(21)24/h12-14,26H,2-11H2,1H3,(H,25,28). The smallest absolute Gasteiger partial charge is 0.273 e. The second-order valence-electron chi connectivity index (χ2n) is 7.19. The van der Waals surface area contributed by atoms with Gasteiger partial charge in [-0.25, -0.2) is 4.68 Å². The van der Waals surface area contributed by atoms with Crippen molar-refractivity contribution < 1.29 is 4.79 Å². The number of amides is 1. The molecule has 0 aliphatic carbocycles. The lowest BCUT2D eigenvalue weighted by Crippen LogP contribution is -2.14. The molecule has 2 aromatic rings. The molecule has 0 fully saturated rings. The highest BCUT2D eigenvalue weighted by Gasteiger charge is 2.14. The number of anilines is 1. The van der Waals surface area contributed by atoms with Crippen molar-refractivity contribution in [1.82, 2.24) is 9.78 Å². The Morgan fingerprint density at radius 1 is 0.931 bits per heavy atom. The number of hydrogen-bond donors (Lipinski definition) is 2. The van der Waals surface area contributed by atoms with Gasteiger partial charge in [0, 0.05) is 17.5 Å². The zero-order valence-corrected chi connectivity index (χ0v) is 19.0. The van der Waals surface area contributed by atoms with E-state index < -0.39 is 0 Å². The molecule has 0 unspecified atom stereocenters. The first-order valence-electron chi connectivity index (χ1n) is 10.2. The summed E-state index contributed by atoms with van der Waals surface area (Å²) in [5.74, 6) is 0.174. The monoisotopic (exact) mass is 459 g/mol. The van der Waals surface area contributed by atoms with E-state index in [1.807, 2.05) is 0 Å². The van der Waals surface area contributed by atoms with Crippen LogP contribution in [0.1, 0.15) is 71.1 Å². The summed E-state index contributed by atoms with van der Waals surface area (Å²) in [5, 5.41) is 6.39. The quantitative estimate of drug-likeness (QED) is 0.335. The van der Waals surface area contributed by atoms with Gasteiger partial charge < -0.3 is 5.32 Å². The van der Waals surface area contributed by atoms with Gasteiger partial charge in [-0.05, 0) is 18.6 Å². The molecular weight excluding hydrogens is 433 g/mol. The second-order valence-corrected chi connectivity index (χ2v) is 8.44. The van der Waals surface area contributed by atoms with Crippen LogP contribution in [0.5, 0.6) is 0 Å². The normalized spacial score (nSPS) is 11.0. The first kappa shape index (κ1) is 23.8. The number of aromatic amines is 1. The highest BCUT2D eigenvalue weighted by molar-refractivity contribution is 6.40. The van der Waals surface area contributed by atoms with Gasteiger partial charge in [-0.2, -0.15) is 0 Å². The van der Waals surface area contributed by atoms with Crippen LogP contribution in [0, 0.1) is 0 Å². The molecule has 0 aliphatic heterocycles. The topological polar surface area (TPSA) is 66.9 Å². The summed E-state index contributed by atoms with van der Waals surface area (Å²) in [6.07, 6.45) is 11.2. The number of unbranched alkanes of at least 4 members (excludes halogenated alkanes) is 8. The Hall–Kier alpha value is -1.43. The fraction of sp³-hybridized carbons (Fsp3) is 0.524. The van der Waals surface area contributed by atoms with Crippen molar-refractivity contribution in [3.63, 3.8) is 0 Å². The Morgan fingerprint density at radius 2 is 1.48 bits per heavy atom. The summed E-state index contributed by atoms with van der Waals surface area (Å²) in [5.41, 5.74) is -0.0864. The van der Waals surface area contributed by atoms with Crippen LogP contribution in [0.3, 0.4) is 0 Å². The van der Waals surface area contributed by atoms with Crippen molar-refractivity contribution in [1.29, 1.82) is 0 Å². The van der Waals surface area contributed by atoms with Crippen LogP contribution in [-0.4, -0.2) is 15.7 Å². The molecule has 2 rings (SSSR count). The summed E-state index contributed by atoms with van der Waals surface area (Å²) in [4.78, 5) is 24.4. The molecule has 0 radical (unpaired) electrons. The third-order valence-corrected chi connectivity index (χ3v) is 5.50. The van der Waals surface area contributed by atoms with Gasteiger partial charge >= 0.3 is 0 Å². The van der Waals surface area contributed by atoms with Crippen molar-refractivity contribution >= 4 is 46.5 Å². The Labute approximate surface area is 186 Å². The van der Waals surface area contributed by atoms with E-state index in [0.717, 1.165) is 19.3 Å². The molecule has 29 heavy (non-hydrogen) atoms. The van der Waals surface area contributed by atoms with Crippen molar-refractivity contribution in [2.24, 2.45) is 0 Å². The lowest BCUT2D eigenvalue weighted by molar-refractivity contribution is -0.116. The van der Waals surface area contributed by atoms with Gasteiger partial charge in [-0.15, -0.1) is 0 Å². The van der Waals surface area contributed by atoms with Gasteiger partial charge in [-0.3, -0.25) is 14.7 Å². The number of nitrogens with one attached hydrogen (secondary N) is 2. The minimum absolute atomic E-state index is 0.130. The van der Waals surface area contributed by atoms with Gasteiger partial charge in [-0.1, -0.05) is 93.1 Å². The molecule has 0 atom stereocenters. The number of H-pyrrole nitrogens is 1. The Morgan fingerprint density at radius 3 is 2.07 bits per heavy atom. The summed E-state index contributed by atoms with van der Waals surface area (Å²) in [7, 11) is 0. The van der Waals surface area contributed by atoms with Crippen molar-refractivity contribution in [3.8, 4) is 5.69 Å². The van der Waals surface area contributed by atoms with Crippen LogP contribution in [-0.2, 0) is 4.79 Å². The summed E-state index contributed by atoms with van der Waals surface area (Å²) in [6.45, 7) is 2.22. The number of carbonyl (C=O) groups excluding carboxylic acids is 1. The van der Waals surface area contributed by atoms with Crippen molar-refractivity contribution in [3.05, 3.63) is 43.6 Å². The lowest BCUT2D eigenvalue weighted by Gasteiger charge is -2.08. The molecule has 0 spiro atoms. The minimum atomic E-state index is -0.380. The van der Waals surface area contributed by atoms with E-state index in [9.17, 15) is 9.59 Å². The largest absolute Gasteiger partial charge is 0.311 e. The SMILES string of the molecule is CCCCCCCCCCCC(=O)Nc1cc(=O)n(-c2c(Cl)cc(Cl)cc2Cl)[nH]1. The van der Waals surface area contributed by atoms with E-state index in [1.54, 1.807) is 0 Å². The first-order valence-corrected chi connectivity index (χ1v) is 11.3. The lowest BCUT2D eigenvalue weighted by atomic mass is 10.1. The Balaban J connectivity index is 1.79. The molecule has 1 heterocycles. The molecule has 160 valence electrons. The van der Waals surface area contributed by atoms with Crippen LogP contribution in [0.15, 0.2) is 23.0 Å². The van der Waals surface area contributed by atoms with Gasteiger partial charge in [0.2, 0.25) is 5.91 Å².